The molecule has 220 valence electrons. The van der Waals surface area contributed by atoms with Crippen molar-refractivity contribution in [3.8, 4) is 5.75 Å². The number of urea groups is 1. The molecule has 8 N–H and O–H groups in total. The number of aliphatic hydroxyl groups is 3. The summed E-state index contributed by atoms with van der Waals surface area (Å²) in [6.45, 7) is 3.19. The molecule has 0 heterocycles. The minimum Gasteiger partial charge on any atom is -0.511 e. The minimum absolute atomic E-state index is 0.0535. The first-order chi connectivity index (χ1) is 20.4. The van der Waals surface area contributed by atoms with Crippen molar-refractivity contribution < 1.29 is 39.6 Å². The van der Waals surface area contributed by atoms with Crippen LogP contribution in [0.2, 0.25) is 0 Å². The summed E-state index contributed by atoms with van der Waals surface area (Å²) in [5, 5.41) is 51.8. The highest BCUT2D eigenvalue weighted by Gasteiger charge is 2.59. The predicted molar refractivity (Wildman–Crippen MR) is 157 cm³/mol. The normalized spacial score (nSPS) is 26.5. The molecule has 1 fully saturated rings. The number of fused-ring (bicyclic) bond motifs is 4. The van der Waals surface area contributed by atoms with Crippen LogP contribution in [0.4, 0.5) is 16.2 Å². The van der Waals surface area contributed by atoms with Gasteiger partial charge in [0, 0.05) is 28.7 Å². The molecular weight excluding hydrogens is 554 g/mol. The van der Waals surface area contributed by atoms with Crippen molar-refractivity contribution in [1.82, 2.24) is 0 Å². The maximum atomic E-state index is 13.9. The monoisotopic (exact) mass is 583 g/mol. The number of nitrogens with two attached hydrogens (primary N) is 1. The molecule has 0 bridgehead atoms. The third-order valence-electron chi connectivity index (χ3n) is 9.09. The lowest BCUT2D eigenvalue weighted by atomic mass is 9.55. The third kappa shape index (κ3) is 4.07. The number of primary amides is 1. The van der Waals surface area contributed by atoms with E-state index in [0.29, 0.717) is 11.3 Å². The van der Waals surface area contributed by atoms with Gasteiger partial charge in [0.1, 0.15) is 22.8 Å². The van der Waals surface area contributed by atoms with E-state index in [4.69, 9.17) is 5.73 Å². The number of allylic oxidation sites excluding steroid dienone is 1. The van der Waals surface area contributed by atoms with E-state index in [1.54, 1.807) is 25.1 Å². The van der Waals surface area contributed by atoms with Gasteiger partial charge < -0.3 is 36.8 Å². The van der Waals surface area contributed by atoms with E-state index in [9.17, 15) is 39.6 Å². The van der Waals surface area contributed by atoms with E-state index in [2.05, 4.69) is 10.6 Å². The number of hydrogen-bond acceptors (Lipinski definition) is 8. The molecule has 0 radical (unpaired) electrons. The van der Waals surface area contributed by atoms with Crippen molar-refractivity contribution in [2.24, 2.45) is 29.4 Å². The minimum atomic E-state index is -1.57. The van der Waals surface area contributed by atoms with Gasteiger partial charge >= 0.3 is 6.03 Å². The van der Waals surface area contributed by atoms with E-state index >= 15 is 0 Å². The molecule has 6 rings (SSSR count). The number of carbonyl (C=O) groups is 4. The maximum Gasteiger partial charge on any atom is 0.323 e. The first-order valence-corrected chi connectivity index (χ1v) is 13.8. The number of benzene rings is 3. The first-order valence-electron chi connectivity index (χ1n) is 13.8. The van der Waals surface area contributed by atoms with Crippen molar-refractivity contribution in [2.75, 3.05) is 10.6 Å². The molecule has 3 aliphatic rings. The van der Waals surface area contributed by atoms with Gasteiger partial charge in [-0.2, -0.15) is 0 Å². The Morgan fingerprint density at radius 1 is 0.837 bits per heavy atom. The number of anilines is 2. The number of hydrogen-bond donors (Lipinski definition) is 7. The first kappa shape index (κ1) is 28.0. The molecule has 6 atom stereocenters. The number of amides is 3. The quantitative estimate of drug-likeness (QED) is 0.137. The molecule has 0 aliphatic heterocycles. The summed E-state index contributed by atoms with van der Waals surface area (Å²) in [5.74, 6) is -9.98. The second-order valence-electron chi connectivity index (χ2n) is 11.3. The van der Waals surface area contributed by atoms with E-state index in [0.717, 1.165) is 10.8 Å². The Morgan fingerprint density at radius 3 is 2.23 bits per heavy atom. The van der Waals surface area contributed by atoms with Gasteiger partial charge in [-0.1, -0.05) is 56.3 Å². The molecule has 3 aromatic rings. The Hall–Kier alpha value is -5.16. The Bertz CT molecular complexity index is 1820. The highest BCUT2D eigenvalue weighted by molar-refractivity contribution is 6.28. The second kappa shape index (κ2) is 9.99. The molecule has 0 aromatic heterocycles. The van der Waals surface area contributed by atoms with Gasteiger partial charge in [0.15, 0.2) is 11.6 Å². The Morgan fingerprint density at radius 2 is 1.51 bits per heavy atom. The zero-order valence-corrected chi connectivity index (χ0v) is 23.2. The summed E-state index contributed by atoms with van der Waals surface area (Å²) in [6, 6.07) is 15.2. The number of aliphatic hydroxyl groups excluding tert-OH is 3. The van der Waals surface area contributed by atoms with Gasteiger partial charge in [0.2, 0.25) is 0 Å². The highest BCUT2D eigenvalue weighted by atomic mass is 16.3. The zero-order valence-electron chi connectivity index (χ0n) is 23.2. The number of rotatable bonds is 3. The second-order valence-corrected chi connectivity index (χ2v) is 11.3. The fourth-order valence-electron chi connectivity index (χ4n) is 7.03. The summed E-state index contributed by atoms with van der Waals surface area (Å²) >= 11 is 0. The van der Waals surface area contributed by atoms with Crippen LogP contribution in [0.1, 0.15) is 30.9 Å². The maximum absolute atomic E-state index is 13.9. The highest BCUT2D eigenvalue weighted by Crippen LogP contribution is 2.55. The number of Topliss-reactive ketones (excluding diaryl/α,β-unsaturated/α-hetero) is 2. The molecule has 0 saturated heterocycles. The van der Waals surface area contributed by atoms with Crippen LogP contribution in [0, 0.1) is 23.7 Å². The van der Waals surface area contributed by atoms with E-state index in [-0.39, 0.29) is 16.8 Å². The van der Waals surface area contributed by atoms with Crippen LogP contribution < -0.4 is 16.4 Å². The van der Waals surface area contributed by atoms with Crippen LogP contribution in [-0.4, -0.2) is 50.0 Å². The number of carbonyl (C=O) groups excluding carboxylic acids is 4. The molecule has 3 aliphatic carbocycles. The average Bonchev–Trinajstić information content (AvgIpc) is 2.96. The van der Waals surface area contributed by atoms with Crippen molar-refractivity contribution in [2.45, 2.75) is 25.9 Å². The lowest BCUT2D eigenvalue weighted by Gasteiger charge is -2.48. The van der Waals surface area contributed by atoms with Crippen LogP contribution in [0.5, 0.6) is 5.75 Å². The lowest BCUT2D eigenvalue weighted by molar-refractivity contribution is -0.143. The van der Waals surface area contributed by atoms with Gasteiger partial charge in [-0.25, -0.2) is 4.79 Å². The molecule has 11 heteroatoms. The Balaban J connectivity index is 1.38. The summed E-state index contributed by atoms with van der Waals surface area (Å²) in [7, 11) is 0. The average molecular weight is 584 g/mol. The summed E-state index contributed by atoms with van der Waals surface area (Å²) < 4.78 is 0. The zero-order chi connectivity index (χ0) is 30.9. The molecular formula is C32H29N3O8. The van der Waals surface area contributed by atoms with Gasteiger partial charge in [0.05, 0.1) is 29.0 Å². The van der Waals surface area contributed by atoms with Gasteiger partial charge in [-0.3, -0.25) is 14.4 Å². The number of ketones is 2. The fraction of sp³-hybridized carbons (Fsp3) is 0.250. The SMILES string of the molecule is CC1C(O)=C(C(N)=O)C(=O)C2C(=O)C3=C(O)c4c(ccc(NC(=O)Nc5cccc6ccccc56)c4O)[C@H](C)C3[C@H](O)C12. The number of phenols is 1. The summed E-state index contributed by atoms with van der Waals surface area (Å²) in [5.41, 5.74) is 5.11. The number of phenolic OH excluding ortho intramolecular Hbond substituents is 1. The molecule has 0 spiro atoms. The van der Waals surface area contributed by atoms with E-state index < -0.39 is 82.0 Å². The van der Waals surface area contributed by atoms with Crippen LogP contribution in [0.15, 0.2) is 71.5 Å². The Labute approximate surface area is 245 Å². The lowest BCUT2D eigenvalue weighted by Crippen LogP contribution is -2.56. The van der Waals surface area contributed by atoms with E-state index in [1.165, 1.54) is 13.0 Å². The van der Waals surface area contributed by atoms with E-state index in [1.807, 2.05) is 30.3 Å². The predicted octanol–water partition coefficient (Wildman–Crippen LogP) is 3.88. The third-order valence-corrected chi connectivity index (χ3v) is 9.09. The summed E-state index contributed by atoms with van der Waals surface area (Å²) in [4.78, 5) is 52.0. The smallest absolute Gasteiger partial charge is 0.323 e. The van der Waals surface area contributed by atoms with Crippen LogP contribution in [0.25, 0.3) is 16.5 Å². The van der Waals surface area contributed by atoms with Crippen molar-refractivity contribution in [3.05, 3.63) is 82.6 Å². The van der Waals surface area contributed by atoms with Gasteiger partial charge in [-0.15, -0.1) is 0 Å². The fourth-order valence-corrected chi connectivity index (χ4v) is 7.03. The van der Waals surface area contributed by atoms with Crippen LogP contribution >= 0.6 is 0 Å². The number of aromatic hydroxyl groups is 1. The van der Waals surface area contributed by atoms with Crippen molar-refractivity contribution >= 4 is 51.4 Å². The van der Waals surface area contributed by atoms with Crippen molar-refractivity contribution in [3.63, 3.8) is 0 Å². The van der Waals surface area contributed by atoms with Gasteiger partial charge in [0.25, 0.3) is 5.91 Å². The molecule has 43 heavy (non-hydrogen) atoms. The standard InChI is InChI=1S/C32H29N3O8/c1-12-15-10-11-18(35-32(43)34-17-9-5-7-14-6-3-4-8-16(14)17)26(37)21(15)28(39)22-19(12)27(38)20-13(2)25(36)24(31(33)42)30(41)23(20)29(22)40/h3-13,19-20,23,27,36-39H,1-2H3,(H2,33,42)(H2,34,35,43)/t12-,13?,19?,20?,23?,27-/m0/s1. The molecule has 1 saturated carbocycles. The molecule has 3 amide bonds. The van der Waals surface area contributed by atoms with Crippen LogP contribution in [-0.2, 0) is 14.4 Å². The molecule has 4 unspecified atom stereocenters. The molecule has 11 nitrogen and oxygen atoms in total. The summed E-state index contributed by atoms with van der Waals surface area (Å²) in [6.07, 6.45) is -1.37. The topological polar surface area (TPSA) is 199 Å². The Kier molecular flexibility index (Phi) is 6.50. The van der Waals surface area contributed by atoms with Crippen molar-refractivity contribution in [1.29, 1.82) is 0 Å². The molecule has 3 aromatic carbocycles. The largest absolute Gasteiger partial charge is 0.511 e. The van der Waals surface area contributed by atoms with Crippen LogP contribution in [0.3, 0.4) is 0 Å². The van der Waals surface area contributed by atoms with Gasteiger partial charge in [-0.05, 0) is 29.0 Å². The number of nitrogens with one attached hydrogen (secondary N) is 2.